The van der Waals surface area contributed by atoms with Crippen molar-refractivity contribution in [2.45, 2.75) is 70.1 Å². The third-order valence-corrected chi connectivity index (χ3v) is 7.44. The van der Waals surface area contributed by atoms with Crippen LogP contribution < -0.4 is 10.6 Å². The van der Waals surface area contributed by atoms with Crippen molar-refractivity contribution < 1.29 is 23.6 Å². The van der Waals surface area contributed by atoms with E-state index >= 15 is 0 Å². The molecule has 0 radical (unpaired) electrons. The summed E-state index contributed by atoms with van der Waals surface area (Å²) in [5.41, 5.74) is 0.283. The maximum Gasteiger partial charge on any atom is 0.481 e. The number of ether oxygens (including phenoxy) is 1. The van der Waals surface area contributed by atoms with Gasteiger partial charge in [-0.3, -0.25) is 9.59 Å². The fourth-order valence-corrected chi connectivity index (χ4v) is 4.42. The van der Waals surface area contributed by atoms with Gasteiger partial charge in [0.15, 0.2) is 0 Å². The predicted molar refractivity (Wildman–Crippen MR) is 147 cm³/mol. The first-order valence-electron chi connectivity index (χ1n) is 12.4. The van der Waals surface area contributed by atoms with E-state index in [2.05, 4.69) is 22.8 Å². The molecule has 0 unspecified atom stereocenters. The number of amides is 2. The number of aryl methyl sites for hydroxylation is 1. The minimum absolute atomic E-state index is 0.0319. The van der Waals surface area contributed by atoms with Crippen molar-refractivity contribution in [2.75, 3.05) is 13.7 Å². The van der Waals surface area contributed by atoms with Crippen LogP contribution >= 0.6 is 23.2 Å². The van der Waals surface area contributed by atoms with E-state index < -0.39 is 42.1 Å². The number of halogens is 2. The topological polar surface area (TPSA) is 85.9 Å². The minimum atomic E-state index is -0.966. The predicted octanol–water partition coefficient (Wildman–Crippen LogP) is 4.88. The van der Waals surface area contributed by atoms with Crippen molar-refractivity contribution in [1.29, 1.82) is 0 Å². The van der Waals surface area contributed by atoms with Crippen LogP contribution in [0, 0.1) is 0 Å². The highest BCUT2D eigenvalue weighted by atomic mass is 35.5. The van der Waals surface area contributed by atoms with Gasteiger partial charge in [-0.05, 0) is 70.7 Å². The molecule has 0 saturated carbocycles. The maximum absolute atomic E-state index is 13.4. The monoisotopic (exact) mass is 548 g/mol. The first kappa shape index (κ1) is 29.5. The molecule has 0 aliphatic carbocycles. The summed E-state index contributed by atoms with van der Waals surface area (Å²) in [4.78, 5) is 26.3. The second kappa shape index (κ2) is 12.6. The van der Waals surface area contributed by atoms with Gasteiger partial charge in [0.2, 0.25) is 5.91 Å². The van der Waals surface area contributed by atoms with E-state index in [1.54, 1.807) is 6.07 Å². The van der Waals surface area contributed by atoms with Gasteiger partial charge in [-0.2, -0.15) is 0 Å². The van der Waals surface area contributed by atoms with E-state index in [1.165, 1.54) is 24.8 Å². The Kier molecular flexibility index (Phi) is 10.1. The first-order chi connectivity index (χ1) is 17.4. The molecule has 1 saturated heterocycles. The number of benzene rings is 2. The van der Waals surface area contributed by atoms with E-state index in [-0.39, 0.29) is 17.2 Å². The van der Waals surface area contributed by atoms with Crippen molar-refractivity contribution in [1.82, 2.24) is 10.6 Å². The lowest BCUT2D eigenvalue weighted by atomic mass is 9.75. The molecule has 7 nitrogen and oxygen atoms in total. The van der Waals surface area contributed by atoms with Crippen LogP contribution in [0.25, 0.3) is 0 Å². The van der Waals surface area contributed by atoms with E-state index in [0.29, 0.717) is 11.4 Å². The molecule has 0 aromatic heterocycles. The molecule has 2 aromatic rings. The number of carbonyl (C=O) groups is 2. The Morgan fingerprint density at radius 1 is 1.00 bits per heavy atom. The van der Waals surface area contributed by atoms with Crippen molar-refractivity contribution >= 4 is 42.1 Å². The van der Waals surface area contributed by atoms with Crippen LogP contribution in [-0.2, 0) is 25.3 Å². The lowest BCUT2D eigenvalue weighted by molar-refractivity contribution is -0.124. The number of carbonyl (C=O) groups excluding carboxylic acids is 2. The van der Waals surface area contributed by atoms with Crippen LogP contribution in [0.3, 0.4) is 0 Å². The zero-order valence-corrected chi connectivity index (χ0v) is 23.5. The van der Waals surface area contributed by atoms with Crippen LogP contribution in [0.5, 0.6) is 0 Å². The maximum atomic E-state index is 13.4. The highest BCUT2D eigenvalue weighted by molar-refractivity contribution is 6.48. The molecule has 1 fully saturated rings. The largest absolute Gasteiger partial charge is 0.481 e. The molecule has 3 rings (SSSR count). The summed E-state index contributed by atoms with van der Waals surface area (Å²) in [6, 6.07) is 13.8. The Hall–Kier alpha value is -2.10. The van der Waals surface area contributed by atoms with Crippen LogP contribution in [0.15, 0.2) is 48.5 Å². The SMILES string of the molecule is COC[C@@H](NC(=O)c1cc(Cl)ccc1Cl)C(=O)N[C@@H](CCCc1ccccc1)B1OC(C)(C)C(C)(C)O1. The number of rotatable bonds is 11. The summed E-state index contributed by atoms with van der Waals surface area (Å²) >= 11 is 12.2. The Morgan fingerprint density at radius 3 is 2.27 bits per heavy atom. The second-order valence-corrected chi connectivity index (χ2v) is 11.1. The fraction of sp³-hybridized carbons (Fsp3) is 0.481. The molecule has 0 bridgehead atoms. The normalized spacial score (nSPS) is 17.8. The van der Waals surface area contributed by atoms with E-state index in [9.17, 15) is 9.59 Å². The molecule has 2 N–H and O–H groups in total. The molecular weight excluding hydrogens is 514 g/mol. The molecule has 10 heteroatoms. The second-order valence-electron chi connectivity index (χ2n) is 10.2. The average molecular weight is 549 g/mol. The summed E-state index contributed by atoms with van der Waals surface area (Å²) < 4.78 is 17.8. The summed E-state index contributed by atoms with van der Waals surface area (Å²) in [5.74, 6) is -1.38. The molecule has 37 heavy (non-hydrogen) atoms. The van der Waals surface area contributed by atoms with E-state index in [1.807, 2.05) is 45.9 Å². The van der Waals surface area contributed by atoms with Crippen molar-refractivity contribution in [3.8, 4) is 0 Å². The number of methoxy groups -OCH3 is 1. The third kappa shape index (κ3) is 7.71. The molecular formula is C27H35BCl2N2O5. The summed E-state index contributed by atoms with van der Waals surface area (Å²) in [7, 11) is 0.815. The lowest BCUT2D eigenvalue weighted by Crippen LogP contribution is -2.56. The highest BCUT2D eigenvalue weighted by Gasteiger charge is 2.54. The van der Waals surface area contributed by atoms with E-state index in [0.717, 1.165) is 12.8 Å². The molecule has 2 amide bonds. The quantitative estimate of drug-likeness (QED) is 0.391. The minimum Gasteiger partial charge on any atom is -0.402 e. The van der Waals surface area contributed by atoms with Crippen LogP contribution in [0.2, 0.25) is 10.0 Å². The van der Waals surface area contributed by atoms with E-state index in [4.69, 9.17) is 37.2 Å². The molecule has 1 aliphatic heterocycles. The number of hydrogen-bond acceptors (Lipinski definition) is 5. The van der Waals surface area contributed by atoms with Crippen LogP contribution in [0.4, 0.5) is 0 Å². The number of nitrogens with one attached hydrogen (secondary N) is 2. The van der Waals surface area contributed by atoms with Gasteiger partial charge in [0.05, 0.1) is 34.3 Å². The van der Waals surface area contributed by atoms with Gasteiger partial charge in [0.25, 0.3) is 5.91 Å². The molecule has 2 atom stereocenters. The molecule has 0 spiro atoms. The Balaban J connectivity index is 1.74. The zero-order valence-electron chi connectivity index (χ0n) is 22.0. The smallest absolute Gasteiger partial charge is 0.402 e. The number of hydrogen-bond donors (Lipinski definition) is 2. The molecule has 200 valence electrons. The van der Waals surface area contributed by atoms with Gasteiger partial charge in [-0.1, -0.05) is 53.5 Å². The van der Waals surface area contributed by atoms with Gasteiger partial charge in [-0.25, -0.2) is 0 Å². The van der Waals surface area contributed by atoms with Crippen molar-refractivity contribution in [3.63, 3.8) is 0 Å². The Morgan fingerprint density at radius 2 is 1.65 bits per heavy atom. The van der Waals surface area contributed by atoms with Gasteiger partial charge >= 0.3 is 7.12 Å². The average Bonchev–Trinajstić information content (AvgIpc) is 3.06. The summed E-state index contributed by atoms with van der Waals surface area (Å²) in [6.45, 7) is 7.85. The lowest BCUT2D eigenvalue weighted by Gasteiger charge is -2.32. The standard InChI is InChI=1S/C27H35BCl2N2O5/c1-26(2)27(3,4)37-28(36-26)23(13-9-12-18-10-7-6-8-11-18)32-25(34)22(17-35-5)31-24(33)20-16-19(29)14-15-21(20)30/h6-8,10-11,14-16,22-23H,9,12-13,17H2,1-5H3,(H,31,33)(H,32,34)/t22-,23+/m1/s1. The molecule has 2 aromatic carbocycles. The van der Waals surface area contributed by atoms with Crippen molar-refractivity contribution in [2.24, 2.45) is 0 Å². The van der Waals surface area contributed by atoms with Gasteiger partial charge in [0.1, 0.15) is 6.04 Å². The Labute approximate surface area is 229 Å². The van der Waals surface area contributed by atoms with Gasteiger partial charge < -0.3 is 24.7 Å². The highest BCUT2D eigenvalue weighted by Crippen LogP contribution is 2.38. The third-order valence-electron chi connectivity index (χ3n) is 6.88. The van der Waals surface area contributed by atoms with Gasteiger partial charge in [-0.15, -0.1) is 0 Å². The first-order valence-corrected chi connectivity index (χ1v) is 13.1. The molecule has 1 heterocycles. The molecule has 1 aliphatic rings. The van der Waals surface area contributed by atoms with Crippen LogP contribution in [0.1, 0.15) is 56.5 Å². The summed E-state index contributed by atoms with van der Waals surface area (Å²) in [5, 5.41) is 6.35. The Bertz CT molecular complexity index is 1070. The summed E-state index contributed by atoms with van der Waals surface area (Å²) in [6.07, 6.45) is 2.27. The van der Waals surface area contributed by atoms with Crippen LogP contribution in [-0.4, -0.2) is 55.8 Å². The fourth-order valence-electron chi connectivity index (χ4n) is 4.04. The van der Waals surface area contributed by atoms with Crippen molar-refractivity contribution in [3.05, 3.63) is 69.7 Å². The van der Waals surface area contributed by atoms with Gasteiger partial charge in [0, 0.05) is 12.1 Å². The zero-order chi connectivity index (χ0) is 27.2.